The number of amides is 1. The van der Waals surface area contributed by atoms with Gasteiger partial charge in [0.15, 0.2) is 11.5 Å². The second-order valence-electron chi connectivity index (χ2n) is 1.92. The first-order chi connectivity index (χ1) is 6.07. The fourth-order valence-corrected chi connectivity index (χ4v) is 0.557. The Labute approximate surface area is 74.3 Å². The predicted octanol–water partition coefficient (Wildman–Crippen LogP) is 0.268. The largest absolute Gasteiger partial charge is 0.504 e. The van der Waals surface area contributed by atoms with Gasteiger partial charge in [-0.2, -0.15) is 5.90 Å². The molecule has 0 aliphatic carbocycles. The van der Waals surface area contributed by atoms with Crippen LogP contribution in [0, 0.1) is 0 Å². The van der Waals surface area contributed by atoms with Gasteiger partial charge in [0.05, 0.1) is 0 Å². The molecule has 1 aromatic carbocycles. The normalized spacial score (nSPS) is 8.08. The van der Waals surface area contributed by atoms with Crippen molar-refractivity contribution in [3.8, 4) is 11.5 Å². The lowest BCUT2D eigenvalue weighted by atomic mass is 10.3. The molecule has 0 fully saturated rings. The number of para-hydroxylation sites is 2. The molecule has 6 N–H and O–H groups in total. The third-order valence-corrected chi connectivity index (χ3v) is 0.992. The fraction of sp³-hybridized carbons (Fsp3) is 0. The van der Waals surface area contributed by atoms with E-state index in [-0.39, 0.29) is 11.5 Å². The maximum Gasteiger partial charge on any atom is 0.402 e. The van der Waals surface area contributed by atoms with Crippen molar-refractivity contribution >= 4 is 6.09 Å². The van der Waals surface area contributed by atoms with E-state index in [9.17, 15) is 0 Å². The van der Waals surface area contributed by atoms with Crippen LogP contribution in [0.15, 0.2) is 24.3 Å². The minimum absolute atomic E-state index is 0.0556. The number of rotatable bonds is 1. The van der Waals surface area contributed by atoms with Crippen LogP contribution in [-0.2, 0) is 0 Å². The molecule has 0 bridgehead atoms. The van der Waals surface area contributed by atoms with Crippen LogP contribution in [0.4, 0.5) is 4.79 Å². The summed E-state index contributed by atoms with van der Waals surface area (Å²) < 4.78 is 0. The molecule has 0 atom stereocenters. The summed E-state index contributed by atoms with van der Waals surface area (Å²) in [5, 5.41) is 16.1. The average Bonchev–Trinajstić information content (AvgIpc) is 2.04. The van der Waals surface area contributed by atoms with Crippen LogP contribution >= 0.6 is 0 Å². The van der Waals surface area contributed by atoms with Gasteiger partial charge < -0.3 is 20.8 Å². The Morgan fingerprint density at radius 3 is 2.15 bits per heavy atom. The molecule has 0 heterocycles. The minimum Gasteiger partial charge on any atom is -0.504 e. The van der Waals surface area contributed by atoms with E-state index < -0.39 is 6.09 Å². The molecule has 0 radical (unpaired) electrons. The van der Waals surface area contributed by atoms with Gasteiger partial charge in [0, 0.05) is 0 Å². The van der Waals surface area contributed by atoms with E-state index in [4.69, 9.17) is 20.9 Å². The minimum atomic E-state index is -1.33. The first-order valence-electron chi connectivity index (χ1n) is 3.21. The maximum absolute atomic E-state index is 8.91. The Morgan fingerprint density at radius 2 is 1.85 bits per heavy atom. The van der Waals surface area contributed by atoms with Crippen LogP contribution in [0.5, 0.6) is 11.5 Å². The molecule has 0 saturated heterocycles. The van der Waals surface area contributed by atoms with Crippen molar-refractivity contribution in [2.75, 3.05) is 0 Å². The smallest absolute Gasteiger partial charge is 0.402 e. The number of hydrogen-bond acceptors (Lipinski definition) is 4. The predicted molar refractivity (Wildman–Crippen MR) is 45.1 cm³/mol. The standard InChI is InChI=1S/C6H7NO2.CH3NO2/c7-9-6-4-2-1-3-5(6)8;2-1(3)4/h1-4,8H,7H2;2H2,(H,3,4). The molecule has 0 saturated carbocycles. The highest BCUT2D eigenvalue weighted by Crippen LogP contribution is 2.22. The number of phenols is 1. The van der Waals surface area contributed by atoms with E-state index in [1.54, 1.807) is 18.2 Å². The second-order valence-corrected chi connectivity index (χ2v) is 1.92. The van der Waals surface area contributed by atoms with Gasteiger partial charge >= 0.3 is 6.09 Å². The quantitative estimate of drug-likeness (QED) is 0.469. The zero-order valence-electron chi connectivity index (χ0n) is 6.68. The molecule has 0 aliphatic rings. The van der Waals surface area contributed by atoms with Gasteiger partial charge in [0.25, 0.3) is 0 Å². The molecule has 0 unspecified atom stereocenters. The first kappa shape index (κ1) is 11.1. The molecular formula is C7H10N2O4. The van der Waals surface area contributed by atoms with E-state index in [1.807, 2.05) is 0 Å². The van der Waals surface area contributed by atoms with Gasteiger partial charge in [-0.05, 0) is 12.1 Å². The van der Waals surface area contributed by atoms with Crippen LogP contribution in [0.2, 0.25) is 0 Å². The molecule has 0 aromatic heterocycles. The summed E-state index contributed by atoms with van der Waals surface area (Å²) in [7, 11) is 0. The Morgan fingerprint density at radius 1 is 1.38 bits per heavy atom. The highest BCUT2D eigenvalue weighted by atomic mass is 16.6. The number of carboxylic acid groups (broad SMARTS) is 1. The van der Waals surface area contributed by atoms with Crippen molar-refractivity contribution in [3.63, 3.8) is 0 Å². The number of phenolic OH excluding ortho intramolecular Hbond substituents is 1. The molecule has 13 heavy (non-hydrogen) atoms. The molecule has 1 amide bonds. The number of primary amides is 1. The lowest BCUT2D eigenvalue weighted by Crippen LogP contribution is -2.03. The van der Waals surface area contributed by atoms with Gasteiger partial charge in [-0.25, -0.2) is 4.79 Å². The second kappa shape index (κ2) is 5.67. The van der Waals surface area contributed by atoms with E-state index in [1.165, 1.54) is 6.07 Å². The van der Waals surface area contributed by atoms with Crippen LogP contribution in [0.25, 0.3) is 0 Å². The Balaban J connectivity index is 0.000000310. The zero-order chi connectivity index (χ0) is 10.3. The van der Waals surface area contributed by atoms with E-state index in [0.29, 0.717) is 0 Å². The molecule has 1 rings (SSSR count). The third-order valence-electron chi connectivity index (χ3n) is 0.992. The summed E-state index contributed by atoms with van der Waals surface area (Å²) in [6.07, 6.45) is -1.33. The lowest BCUT2D eigenvalue weighted by molar-refractivity contribution is 0.205. The van der Waals surface area contributed by atoms with Gasteiger partial charge in [0.2, 0.25) is 0 Å². The first-order valence-corrected chi connectivity index (χ1v) is 3.21. The average molecular weight is 186 g/mol. The topological polar surface area (TPSA) is 119 Å². The summed E-state index contributed by atoms with van der Waals surface area (Å²) in [5.41, 5.74) is 4.03. The Hall–Kier alpha value is -1.95. The summed E-state index contributed by atoms with van der Waals surface area (Å²) in [6.45, 7) is 0. The lowest BCUT2D eigenvalue weighted by Gasteiger charge is -1.98. The van der Waals surface area contributed by atoms with E-state index >= 15 is 0 Å². The van der Waals surface area contributed by atoms with Crippen LogP contribution in [0.3, 0.4) is 0 Å². The van der Waals surface area contributed by atoms with E-state index in [0.717, 1.165) is 0 Å². The van der Waals surface area contributed by atoms with Crippen LogP contribution in [-0.4, -0.2) is 16.3 Å². The number of benzene rings is 1. The Kier molecular flexibility index (Phi) is 4.82. The van der Waals surface area contributed by atoms with Gasteiger partial charge in [0.1, 0.15) is 0 Å². The van der Waals surface area contributed by atoms with Gasteiger partial charge in [-0.3, -0.25) is 0 Å². The molecule has 0 aliphatic heterocycles. The van der Waals surface area contributed by atoms with Crippen LogP contribution in [0.1, 0.15) is 0 Å². The highest BCUT2D eigenvalue weighted by Gasteiger charge is 1.95. The summed E-state index contributed by atoms with van der Waals surface area (Å²) in [4.78, 5) is 13.1. The molecule has 72 valence electrons. The van der Waals surface area contributed by atoms with Gasteiger partial charge in [-0.15, -0.1) is 0 Å². The van der Waals surface area contributed by atoms with Crippen molar-refractivity contribution in [2.45, 2.75) is 0 Å². The molecule has 0 spiro atoms. The zero-order valence-corrected chi connectivity index (χ0v) is 6.68. The van der Waals surface area contributed by atoms with Crippen molar-refractivity contribution in [1.29, 1.82) is 0 Å². The molecular weight excluding hydrogens is 176 g/mol. The van der Waals surface area contributed by atoms with Crippen molar-refractivity contribution in [3.05, 3.63) is 24.3 Å². The number of aromatic hydroxyl groups is 1. The summed E-state index contributed by atoms with van der Waals surface area (Å²) in [5.74, 6) is 5.14. The van der Waals surface area contributed by atoms with Crippen molar-refractivity contribution in [2.24, 2.45) is 11.6 Å². The van der Waals surface area contributed by atoms with Crippen molar-refractivity contribution in [1.82, 2.24) is 0 Å². The Bertz CT molecular complexity index is 273. The monoisotopic (exact) mass is 186 g/mol. The SMILES string of the molecule is NC(=O)O.NOc1ccccc1O. The van der Waals surface area contributed by atoms with Crippen molar-refractivity contribution < 1.29 is 19.8 Å². The maximum atomic E-state index is 8.91. The third kappa shape index (κ3) is 5.33. The summed E-state index contributed by atoms with van der Waals surface area (Å²) in [6, 6.07) is 6.50. The number of hydrogen-bond donors (Lipinski definition) is 4. The van der Waals surface area contributed by atoms with E-state index in [2.05, 4.69) is 10.6 Å². The highest BCUT2D eigenvalue weighted by molar-refractivity contribution is 5.61. The number of carbonyl (C=O) groups is 1. The summed E-state index contributed by atoms with van der Waals surface area (Å²) >= 11 is 0. The molecule has 6 nitrogen and oxygen atoms in total. The fourth-order valence-electron chi connectivity index (χ4n) is 0.557. The number of nitrogens with two attached hydrogens (primary N) is 2. The molecule has 6 heteroatoms. The van der Waals surface area contributed by atoms with Crippen LogP contribution < -0.4 is 16.5 Å². The van der Waals surface area contributed by atoms with Gasteiger partial charge in [-0.1, -0.05) is 12.1 Å². The molecule has 1 aromatic rings.